The van der Waals surface area contributed by atoms with Gasteiger partial charge in [0.15, 0.2) is 0 Å². The summed E-state index contributed by atoms with van der Waals surface area (Å²) in [7, 11) is 2.57. The minimum absolute atomic E-state index is 0. The number of halogens is 1. The third kappa shape index (κ3) is 11.4. The fraction of sp³-hybridized carbons (Fsp3) is 0.481. The van der Waals surface area contributed by atoms with Gasteiger partial charge in [-0.15, -0.1) is 11.3 Å². The molecular weight excluding hydrogens is 1100 g/mol. The number of amides is 4. The maximum Gasteiger partial charge on any atom is 0.407 e. The van der Waals surface area contributed by atoms with Gasteiger partial charge in [-0.25, -0.2) is 23.9 Å². The van der Waals surface area contributed by atoms with Crippen molar-refractivity contribution >= 4 is 100 Å². The highest BCUT2D eigenvalue weighted by Crippen LogP contribution is 2.50. The van der Waals surface area contributed by atoms with Crippen LogP contribution in [0.15, 0.2) is 54.9 Å². The van der Waals surface area contributed by atoms with E-state index < -0.39 is 41.9 Å². The molecule has 0 aliphatic carbocycles. The number of carbonyl (C=O) groups excluding carboxylic acids is 4. The summed E-state index contributed by atoms with van der Waals surface area (Å²) in [5.41, 5.74) is 4.10. The molecule has 11 rings (SSSR count). The molecule has 18 nitrogen and oxygen atoms in total. The second-order valence-electron chi connectivity index (χ2n) is 20.9. The number of methoxy groups -OCH3 is 2. The van der Waals surface area contributed by atoms with E-state index in [1.807, 2.05) is 62.9 Å². The zero-order chi connectivity index (χ0) is 51.6. The average molecular weight is 1170 g/mol. The Balaban J connectivity index is 0.00000220. The van der Waals surface area contributed by atoms with Crippen molar-refractivity contribution in [3.8, 4) is 45.3 Å². The second kappa shape index (κ2) is 24.5. The van der Waals surface area contributed by atoms with E-state index in [4.69, 9.17) is 33.7 Å². The molecule has 78 heavy (non-hydrogen) atoms. The smallest absolute Gasteiger partial charge is 0.407 e. The molecule has 24 heteroatoms. The summed E-state index contributed by atoms with van der Waals surface area (Å²) in [5.74, 6) is 1.26. The Hall–Kier alpha value is -5.53. The Morgan fingerprint density at radius 2 is 1.45 bits per heavy atom. The summed E-state index contributed by atoms with van der Waals surface area (Å²) in [4.78, 5) is 75.2. The number of hydrogen-bond acceptors (Lipinski definition) is 12. The van der Waals surface area contributed by atoms with Gasteiger partial charge in [0.25, 0.3) is 0 Å². The third-order valence-corrected chi connectivity index (χ3v) is 16.5. The summed E-state index contributed by atoms with van der Waals surface area (Å²) < 4.78 is 47.9. The van der Waals surface area contributed by atoms with Gasteiger partial charge < -0.3 is 54.1 Å². The van der Waals surface area contributed by atoms with Gasteiger partial charge in [0.2, 0.25) is 18.0 Å². The number of aryl methyl sites for hydroxylation is 1. The number of alkyl carbamates (subject to hydrolysis) is 2. The van der Waals surface area contributed by atoms with E-state index in [0.717, 1.165) is 63.3 Å². The Kier molecular flexibility index (Phi) is 18.8. The molecule has 4 amide bonds. The Morgan fingerprint density at radius 3 is 2.09 bits per heavy atom. The first-order chi connectivity index (χ1) is 35.7. The second-order valence-corrected chi connectivity index (χ2v) is 22.1. The highest BCUT2D eigenvalue weighted by Gasteiger charge is 2.44. The lowest BCUT2D eigenvalue weighted by molar-refractivity contribution is -0.139. The molecule has 2 aromatic carbocycles. The molecule has 5 aliphatic heterocycles. The molecule has 4 N–H and O–H groups in total. The number of carbonyl (C=O) groups is 4. The summed E-state index contributed by atoms with van der Waals surface area (Å²) in [5, 5.41) is 6.41. The summed E-state index contributed by atoms with van der Waals surface area (Å²) in [6, 6.07) is 11.2. The number of nitrogens with zero attached hydrogens (tertiary/aromatic N) is 5. The van der Waals surface area contributed by atoms with E-state index in [0.29, 0.717) is 91.9 Å². The molecule has 0 saturated carbocycles. The first kappa shape index (κ1) is 60.1. The van der Waals surface area contributed by atoms with Crippen LogP contribution in [0.5, 0.6) is 11.5 Å². The molecule has 3 fully saturated rings. The van der Waals surface area contributed by atoms with E-state index in [1.54, 1.807) is 28.6 Å². The van der Waals surface area contributed by atoms with Gasteiger partial charge in [-0.05, 0) is 107 Å². The first-order valence-corrected chi connectivity index (χ1v) is 26.5. The number of imidazole rings is 2. The van der Waals surface area contributed by atoms with E-state index in [9.17, 15) is 19.2 Å². The predicted octanol–water partition coefficient (Wildman–Crippen LogP) is 9.64. The number of H-pyrrole nitrogens is 2. The normalized spacial score (nSPS) is 20.7. The molecular formula is C54H70FN9O9S5. The van der Waals surface area contributed by atoms with Crippen LogP contribution in [0.25, 0.3) is 44.7 Å². The van der Waals surface area contributed by atoms with Crippen LogP contribution >= 0.6 is 65.3 Å². The molecule has 6 atom stereocenters. The van der Waals surface area contributed by atoms with Crippen LogP contribution in [-0.4, -0.2) is 117 Å². The number of thiophene rings is 1. The highest BCUT2D eigenvalue weighted by molar-refractivity contribution is 7.59. The van der Waals surface area contributed by atoms with Crippen LogP contribution in [-0.2, 0) is 30.2 Å². The number of hydrogen-bond donors (Lipinski definition) is 4. The van der Waals surface area contributed by atoms with Crippen LogP contribution in [0, 0.1) is 17.7 Å². The molecule has 2 unspecified atom stereocenters. The van der Waals surface area contributed by atoms with Crippen molar-refractivity contribution < 1.29 is 47.3 Å². The molecule has 4 aromatic heterocycles. The van der Waals surface area contributed by atoms with Crippen LogP contribution in [0.1, 0.15) is 112 Å². The predicted molar refractivity (Wildman–Crippen MR) is 315 cm³/mol. The lowest BCUT2D eigenvalue weighted by atomic mass is 9.82. The maximum atomic E-state index is 17.1. The third-order valence-electron chi connectivity index (χ3n) is 15.3. The number of ether oxygens (including phenoxy) is 5. The number of benzene rings is 2. The summed E-state index contributed by atoms with van der Waals surface area (Å²) >= 11 is 1.64. The summed E-state index contributed by atoms with van der Waals surface area (Å²) in [6.07, 6.45) is 7.44. The minimum atomic E-state index is -0.779. The molecule has 6 aromatic rings. The van der Waals surface area contributed by atoms with Gasteiger partial charge in [0.1, 0.15) is 41.0 Å². The number of aromatic nitrogens is 5. The van der Waals surface area contributed by atoms with Crippen LogP contribution in [0.4, 0.5) is 14.0 Å². The maximum absolute atomic E-state index is 17.1. The average Bonchev–Trinajstić information content (AvgIpc) is 4.27. The van der Waals surface area contributed by atoms with E-state index in [-0.39, 0.29) is 89.7 Å². The fourth-order valence-corrected chi connectivity index (χ4v) is 12.8. The number of nitrogens with one attached hydrogen (secondary N) is 4. The summed E-state index contributed by atoms with van der Waals surface area (Å²) in [6.45, 7) is 9.90. The van der Waals surface area contributed by atoms with Gasteiger partial charge in [0, 0.05) is 47.2 Å². The van der Waals surface area contributed by atoms with Crippen molar-refractivity contribution in [2.45, 2.75) is 115 Å². The molecule has 0 radical (unpaired) electrons. The lowest BCUT2D eigenvalue weighted by Gasteiger charge is -2.40. The van der Waals surface area contributed by atoms with Crippen molar-refractivity contribution in [1.82, 2.24) is 44.9 Å². The zero-order valence-corrected chi connectivity index (χ0v) is 49.2. The topological polar surface area (TPSA) is 207 Å². The molecule has 0 bridgehead atoms. The number of aromatic amines is 2. The molecule has 5 aliphatic rings. The van der Waals surface area contributed by atoms with Gasteiger partial charge in [-0.3, -0.25) is 14.2 Å². The van der Waals surface area contributed by atoms with Crippen molar-refractivity contribution in [1.29, 1.82) is 0 Å². The quantitative estimate of drug-likeness (QED) is 0.0961. The number of likely N-dealkylation sites (tertiary alicyclic amines) is 2. The molecule has 3 saturated heterocycles. The van der Waals surface area contributed by atoms with E-state index >= 15 is 4.39 Å². The molecule has 9 heterocycles. The van der Waals surface area contributed by atoms with E-state index in [1.165, 1.54) is 20.3 Å². The van der Waals surface area contributed by atoms with E-state index in [2.05, 4.69) is 31.2 Å². The van der Waals surface area contributed by atoms with Crippen LogP contribution in [0.2, 0.25) is 0 Å². The van der Waals surface area contributed by atoms with Gasteiger partial charge in [-0.1, -0.05) is 19.9 Å². The van der Waals surface area contributed by atoms with Crippen molar-refractivity contribution in [3.63, 3.8) is 0 Å². The fourth-order valence-electron chi connectivity index (χ4n) is 11.7. The van der Waals surface area contributed by atoms with Crippen molar-refractivity contribution in [3.05, 3.63) is 82.1 Å². The minimum Gasteiger partial charge on any atom is -0.492 e. The van der Waals surface area contributed by atoms with Crippen molar-refractivity contribution in [2.75, 3.05) is 40.5 Å². The Morgan fingerprint density at radius 1 is 0.795 bits per heavy atom. The molecule has 422 valence electrons. The first-order valence-electron chi connectivity index (χ1n) is 25.6. The Labute approximate surface area is 484 Å². The van der Waals surface area contributed by atoms with Crippen LogP contribution < -0.4 is 20.1 Å². The monoisotopic (exact) mass is 1170 g/mol. The van der Waals surface area contributed by atoms with Crippen molar-refractivity contribution in [2.24, 2.45) is 11.8 Å². The lowest BCUT2D eigenvalue weighted by Crippen LogP contribution is -2.54. The Bertz CT molecular complexity index is 3140. The van der Waals surface area contributed by atoms with Gasteiger partial charge in [-0.2, -0.15) is 54.0 Å². The number of fused-ring (bicyclic) bond motifs is 6. The van der Waals surface area contributed by atoms with Gasteiger partial charge in [0.05, 0.1) is 83.9 Å². The highest BCUT2D eigenvalue weighted by atomic mass is 32.1. The standard InChI is InChI=1S/C54H62FN9O9S.4H2S/c1-28(2)45(60-52(67)69-5)49(65)62-16-7-10-37(62)48-57-27-35(59-48)31-21-33(55)44-39-22-32-20-29(13-14-36(32)64(39)51(73-41(44)23-31)43-24-40-42(74-43)12-9-18-71-40)34-26-56-47(58-34)38-11-8-17-63(38)50(66)46(61-53(68)70-6)30-15-19-72-54(3,4)25-30;;;;/h13-14,20-24,26-28,30,37-38,45-46,51H,7-12,15-19,25H2,1-6H3,(H,56,58)(H,57,59)(H,60,67)(H,61,68);4*1H2/t30?,37-,38-,45-,46-,51?;;;;/m0..../s1. The zero-order valence-electron chi connectivity index (χ0n) is 44.4. The SMILES string of the molecule is COC(=O)N[C@H](C(=O)N1CCC[C@H]1c1ncc(-c2cc(F)c3c(c2)OC(c2cc4c(s2)CCCO4)n2c-3cc3cc(-c4cnc([C@@H]5CCCN5C(=O)[C@@H](NC(=O)OC)C5CCOC(C)(C)C5)[nH]4)ccc32)[nH]1)C(C)C.S.S.S.S. The van der Waals surface area contributed by atoms with Crippen LogP contribution in [0.3, 0.4) is 0 Å². The molecule has 0 spiro atoms. The largest absolute Gasteiger partial charge is 0.492 e. The number of rotatable bonds is 11. The van der Waals surface area contributed by atoms with Gasteiger partial charge >= 0.3 is 12.2 Å².